The van der Waals surface area contributed by atoms with Crippen molar-refractivity contribution in [2.45, 2.75) is 0 Å². The largest absolute Gasteiger partial charge is 1.00 e. The first-order chi connectivity index (χ1) is 5.97. The Balaban J connectivity index is -0.0000000257. The molecule has 0 fully saturated rings. The van der Waals surface area contributed by atoms with Gasteiger partial charge < -0.3 is 0 Å². The van der Waals surface area contributed by atoms with Gasteiger partial charge in [0.1, 0.15) is 0 Å². The summed E-state index contributed by atoms with van der Waals surface area (Å²) in [6.45, 7) is 0. The quantitative estimate of drug-likeness (QED) is 0.256. The molecule has 0 aliphatic rings. The normalized spacial score (nSPS) is 8.29. The van der Waals surface area contributed by atoms with Crippen molar-refractivity contribution in [3.63, 3.8) is 0 Å². The molecule has 0 bridgehead atoms. The molecule has 0 saturated heterocycles. The number of rotatable bonds is 0. The van der Waals surface area contributed by atoms with E-state index in [4.69, 9.17) is 31.6 Å². The molecule has 0 N–H and O–H groups in total. The van der Waals surface area contributed by atoms with Gasteiger partial charge in [0, 0.05) is 68.3 Å². The van der Waals surface area contributed by atoms with Crippen molar-refractivity contribution in [3.8, 4) is 29.8 Å². The van der Waals surface area contributed by atoms with Gasteiger partial charge in [0.2, 0.25) is 0 Å². The maximum Gasteiger partial charge on any atom is 1.00 e. The second-order valence-corrected chi connectivity index (χ2v) is 7.42. The van der Waals surface area contributed by atoms with Gasteiger partial charge in [0.15, 0.2) is 0 Å². The molecule has 6 nitrogen and oxygen atoms in total. The van der Waals surface area contributed by atoms with Crippen LogP contribution in [-0.2, 0) is 79.0 Å². The van der Waals surface area contributed by atoms with Crippen molar-refractivity contribution in [1.82, 2.24) is 0 Å². The summed E-state index contributed by atoms with van der Waals surface area (Å²) in [5.74, 6) is 0. The fourth-order valence-corrected chi connectivity index (χ4v) is 1.09. The van der Waals surface area contributed by atoms with Gasteiger partial charge in [-0.1, -0.05) is 0 Å². The monoisotopic (exact) mass is 592 g/mol. The minimum Gasteiger partial charge on any atom is 0 e. The maximum absolute atomic E-state index is 8.58. The molecule has 0 atom stereocenters. The van der Waals surface area contributed by atoms with Crippen molar-refractivity contribution >= 4 is 0 Å². The minimum absolute atomic E-state index is 0. The van der Waals surface area contributed by atoms with Crippen LogP contribution < -0.4 is 206 Å². The van der Waals surface area contributed by atoms with Gasteiger partial charge in [0.05, 0.1) is 0 Å². The average molecular weight is 592 g/mol. The zero-order valence-corrected chi connectivity index (χ0v) is 29.5. The first-order valence-electron chi connectivity index (χ1n) is 2.40. The molecule has 21 heavy (non-hydrogen) atoms. The molecule has 0 spiro atoms. The number of nitrogens with zero attached hydrogens (tertiary/aromatic N) is 6. The summed E-state index contributed by atoms with van der Waals surface area (Å²) in [7, 11) is -6.17. The summed E-state index contributed by atoms with van der Waals surface area (Å²) in [4.78, 5) is 6.19. The molecule has 0 amide bonds. The second-order valence-electron chi connectivity index (χ2n) is 1.80. The summed E-state index contributed by atoms with van der Waals surface area (Å²) in [6, 6.07) is 0. The van der Waals surface area contributed by atoms with Crippen molar-refractivity contribution in [2.75, 3.05) is 0 Å². The first-order valence-corrected chi connectivity index (χ1v) is 5.71. The summed E-state index contributed by atoms with van der Waals surface area (Å²) in [6.07, 6.45) is 0. The van der Waals surface area contributed by atoms with Crippen LogP contribution >= 0.6 is 0 Å². The molecule has 0 heterocycles. The Morgan fingerprint density at radius 3 is 0.476 bits per heavy atom. The molecule has 0 rings (SSSR count). The van der Waals surface area contributed by atoms with Gasteiger partial charge in [-0.05, 0) is 0 Å². The number of nitriles is 6. The van der Waals surface area contributed by atoms with Gasteiger partial charge in [0.25, 0.3) is 0 Å². The predicted octanol–water partition coefficient (Wildman–Crippen LogP) is -11.9. The Morgan fingerprint density at radius 2 is 0.476 bits per heavy atom. The fraction of sp³-hybridized carbons (Fsp3) is 0. The van der Waals surface area contributed by atoms with Gasteiger partial charge in [-0.2, -0.15) is 0 Å². The molecule has 0 aromatic carbocycles. The first kappa shape index (κ1) is 56.3. The summed E-state index contributed by atoms with van der Waals surface area (Å²) in [5.41, 5.74) is 0. The van der Waals surface area contributed by atoms with E-state index in [-0.39, 0.29) is 274 Å². The summed E-state index contributed by atoms with van der Waals surface area (Å²) >= 11 is 0. The van der Waals surface area contributed by atoms with E-state index in [1.165, 1.54) is 0 Å². The maximum atomic E-state index is 8.58. The van der Waals surface area contributed by atoms with E-state index in [1.807, 2.05) is 0 Å². The Hall–Kier alpha value is 6.08. The van der Waals surface area contributed by atoms with Crippen LogP contribution in [0, 0.1) is 61.4 Å². The molecule has 0 aromatic rings. The third-order valence-corrected chi connectivity index (χ3v) is 4.89. The molecule has 0 saturated carbocycles. The van der Waals surface area contributed by atoms with Crippen LogP contribution in [0.3, 0.4) is 0 Å². The molecule has 98 valence electrons. The van der Waals surface area contributed by atoms with Crippen LogP contribution in [0.1, 0.15) is 0 Å². The molecule has 15 heteroatoms. The molecule has 0 radical (unpaired) electrons. The van der Waals surface area contributed by atoms with Crippen molar-refractivity contribution < 1.29 is 285 Å². The van der Waals surface area contributed by atoms with Crippen LogP contribution in [-0.4, -0.2) is 0 Å². The molecular formula is C6Fe5K4N6. The Kier molecular flexibility index (Phi) is 60.0. The van der Waals surface area contributed by atoms with Gasteiger partial charge in [-0.25, -0.2) is 0 Å². The molecule has 0 aliphatic carbocycles. The van der Waals surface area contributed by atoms with Crippen LogP contribution in [0.2, 0.25) is 0 Å². The second kappa shape index (κ2) is 22.4. The van der Waals surface area contributed by atoms with E-state index in [0.29, 0.717) is 0 Å². The van der Waals surface area contributed by atoms with Crippen LogP contribution in [0.4, 0.5) is 0 Å². The van der Waals surface area contributed by atoms with Gasteiger partial charge >= 0.3 is 278 Å². The Bertz CT molecular complexity index is 411. The van der Waals surface area contributed by atoms with E-state index in [2.05, 4.69) is 0 Å². The zero-order chi connectivity index (χ0) is 10.7. The Labute approximate surface area is 335 Å². The number of hydrogen-bond acceptors (Lipinski definition) is 6. The smallest absolute Gasteiger partial charge is 0 e. The third kappa shape index (κ3) is 11.6. The van der Waals surface area contributed by atoms with Crippen molar-refractivity contribution in [2.24, 2.45) is 0 Å². The van der Waals surface area contributed by atoms with E-state index in [1.54, 1.807) is 0 Å². The third-order valence-electron chi connectivity index (χ3n) is 1.19. The van der Waals surface area contributed by atoms with Crippen molar-refractivity contribution in [3.05, 3.63) is 0 Å². The van der Waals surface area contributed by atoms with Gasteiger partial charge in [-0.15, -0.1) is 0 Å². The van der Waals surface area contributed by atoms with Crippen LogP contribution in [0.15, 0.2) is 0 Å². The standard InChI is InChI=1S/6CN.5Fe.4K/c6*1-2;;;;;;;;;/q;;;;;;;;;;-4;4*+1. The van der Waals surface area contributed by atoms with Crippen LogP contribution in [0.5, 0.6) is 0 Å². The SMILES string of the molecule is N#[C][Fe-4]([C]#N)([C]#N)([C]#N)([C]#N)[C]#N.[Fe].[Fe].[Fe].[Fe].[K+].[K+].[K+].[K+]. The van der Waals surface area contributed by atoms with Crippen molar-refractivity contribution in [1.29, 1.82) is 31.6 Å². The molecule has 0 aliphatic heterocycles. The minimum atomic E-state index is -6.17. The molecule has 0 aromatic heterocycles. The number of hydrogen-bond donors (Lipinski definition) is 0. The fourth-order valence-electron chi connectivity index (χ4n) is 0.265. The predicted molar refractivity (Wildman–Crippen MR) is 33.7 cm³/mol. The topological polar surface area (TPSA) is 143 Å². The zero-order valence-electron chi connectivity index (χ0n) is 11.5. The van der Waals surface area contributed by atoms with E-state index in [9.17, 15) is 0 Å². The Morgan fingerprint density at radius 1 is 0.381 bits per heavy atom. The summed E-state index contributed by atoms with van der Waals surface area (Å²) in [5, 5.41) is 51.5. The molecular weight excluding hydrogens is 592 g/mol. The van der Waals surface area contributed by atoms with E-state index in [0.717, 1.165) is 29.8 Å². The average Bonchev–Trinajstić information content (AvgIpc) is 2.26. The molecule has 0 unspecified atom stereocenters. The van der Waals surface area contributed by atoms with E-state index >= 15 is 0 Å². The summed E-state index contributed by atoms with van der Waals surface area (Å²) < 4.78 is 0. The van der Waals surface area contributed by atoms with Gasteiger partial charge in [-0.3, -0.25) is 0 Å². The van der Waals surface area contributed by atoms with Crippen LogP contribution in [0.25, 0.3) is 0 Å². The van der Waals surface area contributed by atoms with E-state index < -0.39 is 10.7 Å².